The van der Waals surface area contributed by atoms with Gasteiger partial charge in [0.05, 0.1) is 5.69 Å². The highest BCUT2D eigenvalue weighted by atomic mass is 35.5. The fourth-order valence-electron chi connectivity index (χ4n) is 2.64. The Bertz CT molecular complexity index is 618. The van der Waals surface area contributed by atoms with Crippen molar-refractivity contribution in [2.24, 2.45) is 7.05 Å². The molecule has 0 radical (unpaired) electrons. The molecule has 2 rings (SSSR count). The zero-order chi connectivity index (χ0) is 17.0. The molecule has 1 fully saturated rings. The maximum atomic E-state index is 12.0. The van der Waals surface area contributed by atoms with E-state index in [0.717, 1.165) is 25.7 Å². The van der Waals surface area contributed by atoms with Crippen LogP contribution < -0.4 is 5.32 Å². The maximum absolute atomic E-state index is 12.0. The molecule has 1 aliphatic carbocycles. The van der Waals surface area contributed by atoms with E-state index in [2.05, 4.69) is 10.4 Å². The molecule has 1 heterocycles. The average Bonchev–Trinajstić information content (AvgIpc) is 3.07. The van der Waals surface area contributed by atoms with Crippen LogP contribution in [0.25, 0.3) is 6.08 Å². The predicted octanol–water partition coefficient (Wildman–Crippen LogP) is 2.39. The molecule has 1 aromatic heterocycles. The highest BCUT2D eigenvalue weighted by Gasteiger charge is 2.22. The highest BCUT2D eigenvalue weighted by Crippen LogP contribution is 2.20. The van der Waals surface area contributed by atoms with E-state index in [1.165, 1.54) is 10.8 Å². The van der Waals surface area contributed by atoms with Crippen LogP contribution in [-0.2, 0) is 21.4 Å². The van der Waals surface area contributed by atoms with Gasteiger partial charge >= 0.3 is 5.97 Å². The topological polar surface area (TPSA) is 73.2 Å². The molecule has 0 bridgehead atoms. The molecular weight excluding hydrogens is 318 g/mol. The van der Waals surface area contributed by atoms with E-state index in [9.17, 15) is 9.59 Å². The summed E-state index contributed by atoms with van der Waals surface area (Å²) in [4.78, 5) is 23.8. The van der Waals surface area contributed by atoms with Gasteiger partial charge in [0.2, 0.25) is 0 Å². The summed E-state index contributed by atoms with van der Waals surface area (Å²) in [5, 5.41) is 7.50. The van der Waals surface area contributed by atoms with Crippen LogP contribution in [0.1, 0.15) is 43.9 Å². The summed E-state index contributed by atoms with van der Waals surface area (Å²) in [6.07, 6.45) is 6.23. The van der Waals surface area contributed by atoms with E-state index in [1.807, 2.05) is 0 Å². The van der Waals surface area contributed by atoms with E-state index >= 15 is 0 Å². The van der Waals surface area contributed by atoms with Crippen molar-refractivity contribution in [3.8, 4) is 0 Å². The molecule has 1 saturated carbocycles. The molecule has 1 aromatic rings. The van der Waals surface area contributed by atoms with Crippen LogP contribution in [0.2, 0.25) is 5.15 Å². The van der Waals surface area contributed by atoms with Crippen LogP contribution >= 0.6 is 11.6 Å². The lowest BCUT2D eigenvalue weighted by Gasteiger charge is -2.16. The van der Waals surface area contributed by atoms with Crippen molar-refractivity contribution in [2.45, 2.75) is 51.7 Å². The van der Waals surface area contributed by atoms with Crippen molar-refractivity contribution >= 4 is 29.6 Å². The number of carbonyl (C=O) groups excluding carboxylic acids is 2. The van der Waals surface area contributed by atoms with Crippen molar-refractivity contribution in [1.82, 2.24) is 15.1 Å². The summed E-state index contributed by atoms with van der Waals surface area (Å²) in [6, 6.07) is 0.205. The molecule has 0 saturated heterocycles. The van der Waals surface area contributed by atoms with Gasteiger partial charge in [-0.2, -0.15) is 5.10 Å². The number of aromatic nitrogens is 2. The van der Waals surface area contributed by atoms with Gasteiger partial charge < -0.3 is 10.1 Å². The molecule has 0 spiro atoms. The minimum absolute atomic E-state index is 0.205. The largest absolute Gasteiger partial charge is 0.449 e. The lowest BCUT2D eigenvalue weighted by Crippen LogP contribution is -2.40. The molecule has 7 heteroatoms. The number of rotatable bonds is 5. The molecule has 23 heavy (non-hydrogen) atoms. The van der Waals surface area contributed by atoms with Crippen molar-refractivity contribution in [2.75, 3.05) is 0 Å². The standard InChI is InChI=1S/C16H22ClN3O3/c1-10-13(15(17)20(3)19-10)8-9-14(21)23-11(2)16(22)18-12-6-4-5-7-12/h8-9,11-12H,4-7H2,1-3H3,(H,18,22)/b9-8+/t11-/m1/s1. The fourth-order valence-corrected chi connectivity index (χ4v) is 2.88. The van der Waals surface area contributed by atoms with Crippen LogP contribution in [0.4, 0.5) is 0 Å². The van der Waals surface area contributed by atoms with Crippen molar-refractivity contribution in [3.63, 3.8) is 0 Å². The number of nitrogens with zero attached hydrogens (tertiary/aromatic N) is 2. The van der Waals surface area contributed by atoms with Crippen molar-refractivity contribution in [1.29, 1.82) is 0 Å². The number of hydrogen-bond acceptors (Lipinski definition) is 4. The minimum atomic E-state index is -0.821. The molecule has 0 unspecified atom stereocenters. The summed E-state index contributed by atoms with van der Waals surface area (Å²) in [7, 11) is 1.72. The van der Waals surface area contributed by atoms with Crippen LogP contribution in [0.5, 0.6) is 0 Å². The van der Waals surface area contributed by atoms with Crippen LogP contribution in [0.3, 0.4) is 0 Å². The molecule has 1 atom stereocenters. The van der Waals surface area contributed by atoms with Gasteiger partial charge in [0.25, 0.3) is 5.91 Å². The van der Waals surface area contributed by atoms with Crippen molar-refractivity contribution in [3.05, 3.63) is 22.5 Å². The molecule has 1 amide bonds. The predicted molar refractivity (Wildman–Crippen MR) is 87.9 cm³/mol. The third kappa shape index (κ3) is 4.58. The number of esters is 1. The third-order valence-electron chi connectivity index (χ3n) is 3.95. The van der Waals surface area contributed by atoms with Gasteiger partial charge in [0.15, 0.2) is 6.10 Å². The maximum Gasteiger partial charge on any atom is 0.331 e. The van der Waals surface area contributed by atoms with E-state index in [-0.39, 0.29) is 11.9 Å². The smallest absolute Gasteiger partial charge is 0.331 e. The molecule has 1 aliphatic rings. The molecule has 0 aromatic carbocycles. The first-order chi connectivity index (χ1) is 10.9. The van der Waals surface area contributed by atoms with Gasteiger partial charge in [0, 0.05) is 24.7 Å². The first kappa shape index (κ1) is 17.5. The SMILES string of the molecule is Cc1nn(C)c(Cl)c1/C=C/C(=O)O[C@H](C)C(=O)NC1CCCC1. The zero-order valence-electron chi connectivity index (χ0n) is 13.6. The summed E-state index contributed by atoms with van der Waals surface area (Å²) in [6.45, 7) is 3.37. The second kappa shape index (κ2) is 7.64. The van der Waals surface area contributed by atoms with E-state index in [1.54, 1.807) is 27.0 Å². The number of aryl methyl sites for hydroxylation is 2. The zero-order valence-corrected chi connectivity index (χ0v) is 14.4. The summed E-state index contributed by atoms with van der Waals surface area (Å²) >= 11 is 6.08. The van der Waals surface area contributed by atoms with E-state index in [0.29, 0.717) is 16.4 Å². The number of carbonyl (C=O) groups is 2. The Kier molecular flexibility index (Phi) is 5.82. The first-order valence-electron chi connectivity index (χ1n) is 7.76. The Morgan fingerprint density at radius 1 is 1.43 bits per heavy atom. The monoisotopic (exact) mass is 339 g/mol. The Hall–Kier alpha value is -1.82. The van der Waals surface area contributed by atoms with E-state index < -0.39 is 12.1 Å². The van der Waals surface area contributed by atoms with Crippen molar-refractivity contribution < 1.29 is 14.3 Å². The van der Waals surface area contributed by atoms with E-state index in [4.69, 9.17) is 16.3 Å². The normalized spacial score (nSPS) is 16.7. The highest BCUT2D eigenvalue weighted by molar-refractivity contribution is 6.31. The number of halogens is 1. The molecule has 1 N–H and O–H groups in total. The van der Waals surface area contributed by atoms with Gasteiger partial charge in [-0.25, -0.2) is 4.79 Å². The average molecular weight is 340 g/mol. The van der Waals surface area contributed by atoms with Crippen LogP contribution in [-0.4, -0.2) is 33.8 Å². The number of amides is 1. The summed E-state index contributed by atoms with van der Waals surface area (Å²) in [5.74, 6) is -0.840. The van der Waals surface area contributed by atoms with Gasteiger partial charge in [-0.15, -0.1) is 0 Å². The lowest BCUT2D eigenvalue weighted by atomic mass is 10.2. The molecule has 126 valence electrons. The Morgan fingerprint density at radius 3 is 2.65 bits per heavy atom. The second-order valence-corrected chi connectivity index (χ2v) is 6.17. The first-order valence-corrected chi connectivity index (χ1v) is 8.14. The van der Waals surface area contributed by atoms with Gasteiger partial charge in [-0.05, 0) is 32.8 Å². The Balaban J connectivity index is 1.88. The number of ether oxygens (including phenoxy) is 1. The second-order valence-electron chi connectivity index (χ2n) is 5.82. The van der Waals surface area contributed by atoms with Gasteiger partial charge in [-0.3, -0.25) is 9.48 Å². The van der Waals surface area contributed by atoms with Gasteiger partial charge in [0.1, 0.15) is 5.15 Å². The minimum Gasteiger partial charge on any atom is -0.449 e. The van der Waals surface area contributed by atoms with Crippen LogP contribution in [0, 0.1) is 6.92 Å². The molecule has 6 nitrogen and oxygen atoms in total. The third-order valence-corrected chi connectivity index (χ3v) is 4.39. The Labute approximate surface area is 140 Å². The quantitative estimate of drug-likeness (QED) is 0.660. The van der Waals surface area contributed by atoms with Crippen LogP contribution in [0.15, 0.2) is 6.08 Å². The van der Waals surface area contributed by atoms with Gasteiger partial charge in [-0.1, -0.05) is 24.4 Å². The summed E-state index contributed by atoms with van der Waals surface area (Å²) in [5.41, 5.74) is 1.38. The fraction of sp³-hybridized carbons (Fsp3) is 0.562. The Morgan fingerprint density at radius 2 is 2.09 bits per heavy atom. The number of nitrogens with one attached hydrogen (secondary N) is 1. The summed E-state index contributed by atoms with van der Waals surface area (Å²) < 4.78 is 6.65. The number of hydrogen-bond donors (Lipinski definition) is 1. The lowest BCUT2D eigenvalue weighted by molar-refractivity contribution is -0.150. The molecule has 0 aliphatic heterocycles. The molecular formula is C16H22ClN3O3.